The van der Waals surface area contributed by atoms with E-state index in [1.54, 1.807) is 0 Å². The fraction of sp³-hybridized carbons (Fsp3) is 0.727. The van der Waals surface area contributed by atoms with Crippen LogP contribution in [-0.4, -0.2) is 26.8 Å². The van der Waals surface area contributed by atoms with E-state index in [4.69, 9.17) is 4.52 Å². The van der Waals surface area contributed by atoms with Crippen LogP contribution in [-0.2, 0) is 21.6 Å². The van der Waals surface area contributed by atoms with E-state index in [1.165, 1.54) is 0 Å². The Balaban J connectivity index is 1.54. The predicted molar refractivity (Wildman–Crippen MR) is 148 cm³/mol. The molecule has 1 aromatic rings. The summed E-state index contributed by atoms with van der Waals surface area (Å²) >= 11 is 0. The summed E-state index contributed by atoms with van der Waals surface area (Å²) in [5, 5.41) is 23.7. The summed E-state index contributed by atoms with van der Waals surface area (Å²) in [6, 6.07) is 2.19. The summed E-state index contributed by atoms with van der Waals surface area (Å²) in [4.78, 5) is 32.6. The number of aliphatic hydroxyl groups is 1. The molecule has 1 heterocycles. The van der Waals surface area contributed by atoms with E-state index in [0.29, 0.717) is 17.6 Å². The molecule has 6 rings (SSSR count). The van der Waals surface area contributed by atoms with Crippen LogP contribution in [0.25, 0.3) is 0 Å². The highest BCUT2D eigenvalue weighted by Gasteiger charge is 2.71. The van der Waals surface area contributed by atoms with Crippen LogP contribution >= 0.6 is 0 Å². The molecular weight excluding hydrogens is 502 g/mol. The summed E-state index contributed by atoms with van der Waals surface area (Å²) < 4.78 is 5.84. The Labute approximate surface area is 237 Å². The Morgan fingerprint density at radius 2 is 1.80 bits per heavy atom. The molecule has 5 aliphatic carbocycles. The van der Waals surface area contributed by atoms with Crippen molar-refractivity contribution in [2.24, 2.45) is 51.2 Å². The number of carbonyl (C=O) groups is 2. The number of fused-ring (bicyclic) bond motifs is 7. The maximum atomic E-state index is 14.6. The maximum absolute atomic E-state index is 14.6. The van der Waals surface area contributed by atoms with Crippen LogP contribution in [0.4, 0.5) is 0 Å². The summed E-state index contributed by atoms with van der Waals surface area (Å²) in [5.41, 5.74) is -0.825. The van der Waals surface area contributed by atoms with Crippen LogP contribution in [0.1, 0.15) is 98.7 Å². The van der Waals surface area contributed by atoms with E-state index in [0.717, 1.165) is 44.1 Å². The Morgan fingerprint density at radius 3 is 2.45 bits per heavy atom. The molecule has 0 saturated heterocycles. The van der Waals surface area contributed by atoms with Crippen molar-refractivity contribution >= 4 is 11.6 Å². The van der Waals surface area contributed by atoms with Crippen LogP contribution in [0.5, 0.6) is 0 Å². The van der Waals surface area contributed by atoms with Gasteiger partial charge in [-0.1, -0.05) is 65.3 Å². The first-order chi connectivity index (χ1) is 18.7. The van der Waals surface area contributed by atoms with Gasteiger partial charge < -0.3 is 9.63 Å². The number of nitrogens with zero attached hydrogens (tertiary/aromatic N) is 3. The molecule has 214 valence electrons. The highest BCUT2D eigenvalue weighted by molar-refractivity contribution is 6.04. The Morgan fingerprint density at radius 1 is 1.07 bits per heavy atom. The van der Waals surface area contributed by atoms with Crippen molar-refractivity contribution in [1.29, 1.82) is 5.26 Å². The average molecular weight is 546 g/mol. The number of aliphatic hydroxyl groups excluding tert-OH is 1. The van der Waals surface area contributed by atoms with Gasteiger partial charge in [-0.05, 0) is 79.1 Å². The first kappa shape index (κ1) is 27.6. The van der Waals surface area contributed by atoms with Gasteiger partial charge in [0.15, 0.2) is 17.4 Å². The van der Waals surface area contributed by atoms with Gasteiger partial charge in [0.05, 0.1) is 11.0 Å². The molecule has 1 aromatic heterocycles. The molecule has 9 atom stereocenters. The number of rotatable bonds is 2. The standard InChI is InChI=1S/C33H43N3O4/c1-18-8-11-33(28-35-24(17-37)36-40-28)13-12-32(7)26(25(33)19(18)2)21(38)14-23-30(5)15-20(16-34)27(39)29(3,4)22(30)9-10-31(23,32)6/h14-15,18-19,22,25-26,37H,8-13,17H2,1-7H3/t18-,19+,22+,25+,26-,30+,31-,32-,33+/m1/s1. The molecule has 0 unspecified atom stereocenters. The van der Waals surface area contributed by atoms with Crippen molar-refractivity contribution in [3.8, 4) is 6.07 Å². The number of aromatic nitrogens is 2. The molecule has 0 radical (unpaired) electrons. The summed E-state index contributed by atoms with van der Waals surface area (Å²) in [5.74, 6) is 1.59. The third kappa shape index (κ3) is 3.15. The normalized spacial score (nSPS) is 45.7. The number of allylic oxidation sites excluding steroid dienone is 4. The molecular formula is C33H43N3O4. The minimum absolute atomic E-state index is 0.0310. The topological polar surface area (TPSA) is 117 Å². The lowest BCUT2D eigenvalue weighted by atomic mass is 9.34. The molecule has 7 heteroatoms. The lowest BCUT2D eigenvalue weighted by molar-refractivity contribution is -0.166. The summed E-state index contributed by atoms with van der Waals surface area (Å²) in [6.07, 6.45) is 9.26. The van der Waals surface area contributed by atoms with Crippen LogP contribution in [0, 0.1) is 62.6 Å². The zero-order chi connectivity index (χ0) is 29.0. The number of carbonyl (C=O) groups excluding carboxylic acids is 2. The lowest BCUT2D eigenvalue weighted by Gasteiger charge is -2.69. The van der Waals surface area contributed by atoms with Gasteiger partial charge in [-0.25, -0.2) is 0 Å². The minimum Gasteiger partial charge on any atom is -0.388 e. The van der Waals surface area contributed by atoms with E-state index in [-0.39, 0.29) is 63.7 Å². The fourth-order valence-corrected chi connectivity index (χ4v) is 10.7. The highest BCUT2D eigenvalue weighted by atomic mass is 16.5. The maximum Gasteiger partial charge on any atom is 0.233 e. The van der Waals surface area contributed by atoms with Crippen molar-refractivity contribution in [1.82, 2.24) is 10.1 Å². The minimum atomic E-state index is -0.672. The van der Waals surface area contributed by atoms with Crippen molar-refractivity contribution in [3.05, 3.63) is 35.0 Å². The van der Waals surface area contributed by atoms with Crippen molar-refractivity contribution < 1.29 is 19.2 Å². The largest absolute Gasteiger partial charge is 0.388 e. The molecule has 40 heavy (non-hydrogen) atoms. The van der Waals surface area contributed by atoms with Gasteiger partial charge >= 0.3 is 0 Å². The molecule has 7 nitrogen and oxygen atoms in total. The van der Waals surface area contributed by atoms with E-state index in [2.05, 4.69) is 50.8 Å². The monoisotopic (exact) mass is 545 g/mol. The van der Waals surface area contributed by atoms with Crippen molar-refractivity contribution in [3.63, 3.8) is 0 Å². The molecule has 0 bridgehead atoms. The number of hydrogen-bond acceptors (Lipinski definition) is 7. The van der Waals surface area contributed by atoms with Gasteiger partial charge in [0.1, 0.15) is 12.7 Å². The molecule has 0 aliphatic heterocycles. The zero-order valence-electron chi connectivity index (χ0n) is 25.0. The summed E-state index contributed by atoms with van der Waals surface area (Å²) in [6.45, 7) is 15.1. The average Bonchev–Trinajstić information content (AvgIpc) is 3.40. The predicted octanol–water partition coefficient (Wildman–Crippen LogP) is 5.89. The van der Waals surface area contributed by atoms with Gasteiger partial charge in [0.2, 0.25) is 5.89 Å². The number of ketones is 2. The van der Waals surface area contributed by atoms with Gasteiger partial charge in [0, 0.05) is 16.7 Å². The molecule has 0 amide bonds. The third-order valence-corrected chi connectivity index (χ3v) is 13.3. The van der Waals surface area contributed by atoms with Crippen LogP contribution in [0.2, 0.25) is 0 Å². The van der Waals surface area contributed by atoms with Gasteiger partial charge in [-0.2, -0.15) is 10.2 Å². The van der Waals surface area contributed by atoms with Crippen molar-refractivity contribution in [2.75, 3.05) is 0 Å². The van der Waals surface area contributed by atoms with E-state index >= 15 is 0 Å². The van der Waals surface area contributed by atoms with Gasteiger partial charge in [0.25, 0.3) is 0 Å². The Kier molecular flexibility index (Phi) is 5.84. The second-order valence-electron chi connectivity index (χ2n) is 15.0. The number of nitriles is 1. The molecule has 3 fully saturated rings. The molecule has 1 N–H and O–H groups in total. The second kappa shape index (κ2) is 8.47. The van der Waals surface area contributed by atoms with Gasteiger partial charge in [-0.3, -0.25) is 9.59 Å². The zero-order valence-corrected chi connectivity index (χ0v) is 25.0. The first-order valence-corrected chi connectivity index (χ1v) is 15.1. The molecule has 3 saturated carbocycles. The SMILES string of the molecule is C[C@@H]1[C@H]2[C@H]3C(=O)C=C4[C@@]5(C)C=C(C#N)C(=O)C(C)(C)[C@@H]5CC[C@@]4(C)[C@]3(C)CC[C@@]2(c2nc(CO)no2)CC[C@H]1C. The van der Waals surface area contributed by atoms with Crippen LogP contribution in [0.3, 0.4) is 0 Å². The van der Waals surface area contributed by atoms with Gasteiger partial charge in [-0.15, -0.1) is 0 Å². The Hall–Kier alpha value is -2.59. The van der Waals surface area contributed by atoms with E-state index in [1.807, 2.05) is 26.0 Å². The highest BCUT2D eigenvalue weighted by Crippen LogP contribution is 2.74. The lowest BCUT2D eigenvalue weighted by Crippen LogP contribution is -2.66. The fourth-order valence-electron chi connectivity index (χ4n) is 10.7. The van der Waals surface area contributed by atoms with Crippen molar-refractivity contribution in [2.45, 2.75) is 99.0 Å². The van der Waals surface area contributed by atoms with Crippen LogP contribution in [0.15, 0.2) is 27.8 Å². The third-order valence-electron chi connectivity index (χ3n) is 13.3. The van der Waals surface area contributed by atoms with Crippen LogP contribution < -0.4 is 0 Å². The smallest absolute Gasteiger partial charge is 0.233 e. The number of Topliss-reactive ketones (excluding diaryl/α,β-unsaturated/α-hetero) is 1. The number of hydrogen-bond donors (Lipinski definition) is 1. The second-order valence-corrected chi connectivity index (χ2v) is 15.0. The van der Waals surface area contributed by atoms with E-state index < -0.39 is 10.8 Å². The molecule has 0 aromatic carbocycles. The Bertz CT molecular complexity index is 1400. The quantitative estimate of drug-likeness (QED) is 0.492. The summed E-state index contributed by atoms with van der Waals surface area (Å²) in [7, 11) is 0. The molecule has 5 aliphatic rings. The first-order valence-electron chi connectivity index (χ1n) is 15.1. The van der Waals surface area contributed by atoms with E-state index in [9.17, 15) is 20.0 Å². The molecule has 0 spiro atoms.